The van der Waals surface area contributed by atoms with Gasteiger partial charge in [0.15, 0.2) is 5.96 Å². The van der Waals surface area contributed by atoms with Gasteiger partial charge < -0.3 is 15.4 Å². The number of nitrogens with one attached hydrogen (secondary N) is 2. The standard InChI is InChI=1S/C16H22FN3O/c17-14-4-2-13(3-5-14)16(6-10-21-11-7-16)12-20-15-18-8-1-9-19-15/h2-5H,1,6-12H2,(H2,18,19,20). The predicted molar refractivity (Wildman–Crippen MR) is 81.1 cm³/mol. The Balaban J connectivity index is 1.76. The van der Waals surface area contributed by atoms with Crippen molar-refractivity contribution < 1.29 is 9.13 Å². The molecule has 0 aliphatic carbocycles. The van der Waals surface area contributed by atoms with E-state index < -0.39 is 0 Å². The smallest absolute Gasteiger partial charge is 0.191 e. The van der Waals surface area contributed by atoms with Crippen LogP contribution in [0.25, 0.3) is 0 Å². The summed E-state index contributed by atoms with van der Waals surface area (Å²) in [5.41, 5.74) is 1.17. The van der Waals surface area contributed by atoms with Gasteiger partial charge in [0.25, 0.3) is 0 Å². The summed E-state index contributed by atoms with van der Waals surface area (Å²) in [4.78, 5) is 4.46. The highest BCUT2D eigenvalue weighted by Gasteiger charge is 2.34. The minimum Gasteiger partial charge on any atom is -0.381 e. The number of benzene rings is 1. The third kappa shape index (κ3) is 3.35. The van der Waals surface area contributed by atoms with Crippen molar-refractivity contribution >= 4 is 5.96 Å². The van der Waals surface area contributed by atoms with Gasteiger partial charge in [0, 0.05) is 38.3 Å². The van der Waals surface area contributed by atoms with Gasteiger partial charge in [0.2, 0.25) is 0 Å². The van der Waals surface area contributed by atoms with E-state index in [9.17, 15) is 4.39 Å². The van der Waals surface area contributed by atoms with Crippen molar-refractivity contribution in [2.45, 2.75) is 24.7 Å². The lowest BCUT2D eigenvalue weighted by atomic mass is 9.74. The predicted octanol–water partition coefficient (Wildman–Crippen LogP) is 1.81. The maximum atomic E-state index is 13.2. The number of nitrogens with zero attached hydrogens (tertiary/aromatic N) is 1. The van der Waals surface area contributed by atoms with Crippen LogP contribution in [-0.4, -0.2) is 38.8 Å². The van der Waals surface area contributed by atoms with E-state index >= 15 is 0 Å². The lowest BCUT2D eigenvalue weighted by molar-refractivity contribution is 0.0513. The minimum absolute atomic E-state index is 0.00635. The lowest BCUT2D eigenvalue weighted by Gasteiger charge is -2.38. The first-order chi connectivity index (χ1) is 10.3. The van der Waals surface area contributed by atoms with Crippen LogP contribution in [0.5, 0.6) is 0 Å². The lowest BCUT2D eigenvalue weighted by Crippen LogP contribution is -2.49. The maximum Gasteiger partial charge on any atom is 0.191 e. The number of ether oxygens (including phenoxy) is 1. The van der Waals surface area contributed by atoms with Crippen molar-refractivity contribution in [2.75, 3.05) is 32.8 Å². The van der Waals surface area contributed by atoms with Crippen LogP contribution < -0.4 is 10.6 Å². The molecule has 0 aromatic heterocycles. The molecule has 0 atom stereocenters. The number of aliphatic imine (C=N–C) groups is 1. The summed E-state index contributed by atoms with van der Waals surface area (Å²) in [7, 11) is 0. The molecule has 0 saturated carbocycles. The molecular weight excluding hydrogens is 269 g/mol. The van der Waals surface area contributed by atoms with Gasteiger partial charge in [-0.05, 0) is 37.0 Å². The molecule has 1 saturated heterocycles. The van der Waals surface area contributed by atoms with Gasteiger partial charge in [0.05, 0.1) is 0 Å². The molecule has 2 aliphatic rings. The highest BCUT2D eigenvalue weighted by molar-refractivity contribution is 5.80. The summed E-state index contributed by atoms with van der Waals surface area (Å²) < 4.78 is 18.7. The second-order valence-electron chi connectivity index (χ2n) is 5.76. The fraction of sp³-hybridized carbons (Fsp3) is 0.562. The van der Waals surface area contributed by atoms with Crippen molar-refractivity contribution in [3.8, 4) is 0 Å². The zero-order valence-corrected chi connectivity index (χ0v) is 12.2. The van der Waals surface area contributed by atoms with Gasteiger partial charge >= 0.3 is 0 Å². The van der Waals surface area contributed by atoms with Gasteiger partial charge in [-0.1, -0.05) is 12.1 Å². The monoisotopic (exact) mass is 291 g/mol. The van der Waals surface area contributed by atoms with E-state index in [4.69, 9.17) is 4.74 Å². The van der Waals surface area contributed by atoms with Crippen molar-refractivity contribution in [1.82, 2.24) is 10.6 Å². The number of guanidine groups is 1. The Bertz CT molecular complexity index is 495. The average molecular weight is 291 g/mol. The van der Waals surface area contributed by atoms with Crippen LogP contribution in [0.1, 0.15) is 24.8 Å². The fourth-order valence-electron chi connectivity index (χ4n) is 3.04. The molecule has 0 amide bonds. The Labute approximate surface area is 124 Å². The van der Waals surface area contributed by atoms with Crippen LogP contribution in [-0.2, 0) is 10.2 Å². The highest BCUT2D eigenvalue weighted by Crippen LogP contribution is 2.34. The molecule has 2 N–H and O–H groups in total. The first kappa shape index (κ1) is 14.3. The molecular formula is C16H22FN3O. The van der Waals surface area contributed by atoms with Crippen LogP contribution in [0.3, 0.4) is 0 Å². The number of halogens is 1. The molecule has 5 heteroatoms. The van der Waals surface area contributed by atoms with Gasteiger partial charge in [-0.3, -0.25) is 4.99 Å². The third-order valence-electron chi connectivity index (χ3n) is 4.40. The van der Waals surface area contributed by atoms with Crippen LogP contribution in [0.2, 0.25) is 0 Å². The van der Waals surface area contributed by atoms with E-state index in [2.05, 4.69) is 15.6 Å². The molecule has 2 aliphatic heterocycles. The summed E-state index contributed by atoms with van der Waals surface area (Å²) in [5, 5.41) is 6.72. The Morgan fingerprint density at radius 2 is 2.00 bits per heavy atom. The summed E-state index contributed by atoms with van der Waals surface area (Å²) in [5.74, 6) is 0.696. The first-order valence-corrected chi connectivity index (χ1v) is 7.65. The molecule has 0 radical (unpaired) electrons. The van der Waals surface area contributed by atoms with Crippen LogP contribution in [0, 0.1) is 5.82 Å². The average Bonchev–Trinajstić information content (AvgIpc) is 2.55. The summed E-state index contributed by atoms with van der Waals surface area (Å²) >= 11 is 0. The zero-order chi connectivity index (χ0) is 14.5. The summed E-state index contributed by atoms with van der Waals surface area (Å²) in [6.07, 6.45) is 2.97. The molecule has 1 aromatic carbocycles. The van der Waals surface area contributed by atoms with Gasteiger partial charge in [-0.25, -0.2) is 4.39 Å². The van der Waals surface area contributed by atoms with Gasteiger partial charge in [0.1, 0.15) is 5.82 Å². The molecule has 21 heavy (non-hydrogen) atoms. The Morgan fingerprint density at radius 1 is 1.24 bits per heavy atom. The Morgan fingerprint density at radius 3 is 2.67 bits per heavy atom. The molecule has 1 aromatic rings. The fourth-order valence-corrected chi connectivity index (χ4v) is 3.04. The molecule has 1 fully saturated rings. The van der Waals surface area contributed by atoms with E-state index in [1.807, 2.05) is 12.1 Å². The quantitative estimate of drug-likeness (QED) is 0.893. The molecule has 0 bridgehead atoms. The van der Waals surface area contributed by atoms with Crippen LogP contribution in [0.4, 0.5) is 4.39 Å². The number of hydrogen-bond donors (Lipinski definition) is 2. The molecule has 4 nitrogen and oxygen atoms in total. The third-order valence-corrected chi connectivity index (χ3v) is 4.40. The van der Waals surface area contributed by atoms with E-state index in [1.165, 1.54) is 5.56 Å². The second-order valence-corrected chi connectivity index (χ2v) is 5.76. The van der Waals surface area contributed by atoms with Crippen molar-refractivity contribution in [2.24, 2.45) is 4.99 Å². The van der Waals surface area contributed by atoms with Gasteiger partial charge in [-0.15, -0.1) is 0 Å². The SMILES string of the molecule is Fc1ccc(C2(CNC3=NCCCN3)CCOCC2)cc1. The number of rotatable bonds is 3. The van der Waals surface area contributed by atoms with Crippen LogP contribution >= 0.6 is 0 Å². The normalized spacial score (nSPS) is 21.3. The summed E-state index contributed by atoms with van der Waals surface area (Å²) in [6.45, 7) is 4.15. The van der Waals surface area contributed by atoms with E-state index in [-0.39, 0.29) is 11.2 Å². The van der Waals surface area contributed by atoms with E-state index in [0.717, 1.165) is 58.1 Å². The zero-order valence-electron chi connectivity index (χ0n) is 12.2. The van der Waals surface area contributed by atoms with Crippen molar-refractivity contribution in [3.63, 3.8) is 0 Å². The Kier molecular flexibility index (Phi) is 4.39. The molecule has 0 unspecified atom stereocenters. The first-order valence-electron chi connectivity index (χ1n) is 7.65. The van der Waals surface area contributed by atoms with Crippen molar-refractivity contribution in [1.29, 1.82) is 0 Å². The summed E-state index contributed by atoms with van der Waals surface area (Å²) in [6, 6.07) is 6.89. The molecule has 2 heterocycles. The topological polar surface area (TPSA) is 45.7 Å². The van der Waals surface area contributed by atoms with E-state index in [1.54, 1.807) is 12.1 Å². The van der Waals surface area contributed by atoms with Crippen molar-refractivity contribution in [3.05, 3.63) is 35.6 Å². The highest BCUT2D eigenvalue weighted by atomic mass is 19.1. The minimum atomic E-state index is -0.188. The van der Waals surface area contributed by atoms with E-state index in [0.29, 0.717) is 0 Å². The van der Waals surface area contributed by atoms with Gasteiger partial charge in [-0.2, -0.15) is 0 Å². The Hall–Kier alpha value is -1.62. The molecule has 114 valence electrons. The maximum absolute atomic E-state index is 13.2. The molecule has 0 spiro atoms. The largest absolute Gasteiger partial charge is 0.381 e. The number of hydrogen-bond acceptors (Lipinski definition) is 4. The molecule has 3 rings (SSSR count). The second kappa shape index (κ2) is 6.43. The van der Waals surface area contributed by atoms with Crippen LogP contribution in [0.15, 0.2) is 29.3 Å².